The number of anilines is 1. The van der Waals surface area contributed by atoms with E-state index in [-0.39, 0.29) is 29.9 Å². The van der Waals surface area contributed by atoms with Crippen LogP contribution in [0, 0.1) is 5.92 Å². The van der Waals surface area contributed by atoms with E-state index in [9.17, 15) is 9.59 Å². The molecule has 180 valence electrons. The molecule has 0 radical (unpaired) electrons. The molecule has 1 aliphatic rings. The van der Waals surface area contributed by atoms with Gasteiger partial charge in [-0.1, -0.05) is 13.8 Å². The lowest BCUT2D eigenvalue weighted by Gasteiger charge is -2.35. The number of likely N-dealkylation sites (N-methyl/N-ethyl adjacent to an activating group) is 1. The molecule has 1 N–H and O–H groups in total. The summed E-state index contributed by atoms with van der Waals surface area (Å²) in [5.41, 5.74) is 1.08. The van der Waals surface area contributed by atoms with E-state index in [1.807, 2.05) is 11.6 Å². The maximum absolute atomic E-state index is 13.3. The summed E-state index contributed by atoms with van der Waals surface area (Å²) in [5.74, 6) is 0.425. The molecule has 1 aliphatic heterocycles. The molecule has 1 aromatic heterocycles. The van der Waals surface area contributed by atoms with Crippen LogP contribution in [0.5, 0.6) is 5.75 Å². The highest BCUT2D eigenvalue weighted by atomic mass is 32.1. The second-order valence-electron chi connectivity index (χ2n) is 8.57. The van der Waals surface area contributed by atoms with Crippen molar-refractivity contribution in [1.82, 2.24) is 14.8 Å². The molecule has 2 amide bonds. The lowest BCUT2D eigenvalue weighted by molar-refractivity contribution is -0.115. The minimum atomic E-state index is -0.138. The first kappa shape index (κ1) is 25.1. The van der Waals surface area contributed by atoms with Crippen LogP contribution >= 0.6 is 11.3 Å². The van der Waals surface area contributed by atoms with Gasteiger partial charge in [0.25, 0.3) is 5.91 Å². The third-order valence-corrected chi connectivity index (χ3v) is 6.77. The molecule has 3 atom stereocenters. The van der Waals surface area contributed by atoms with Crippen molar-refractivity contribution >= 4 is 28.8 Å². The normalized spacial score (nSPS) is 22.6. The predicted molar refractivity (Wildman–Crippen MR) is 130 cm³/mol. The van der Waals surface area contributed by atoms with Gasteiger partial charge in [-0.15, -0.1) is 11.3 Å². The number of nitrogens with one attached hydrogen (secondary N) is 1. The average molecular weight is 475 g/mol. The molecule has 8 nitrogen and oxygen atoms in total. The molecule has 0 aliphatic carbocycles. The topological polar surface area (TPSA) is 84.0 Å². The Morgan fingerprint density at radius 2 is 2.12 bits per heavy atom. The number of methoxy groups -OCH3 is 1. The molecule has 1 aromatic carbocycles. The molecule has 0 saturated carbocycles. The maximum atomic E-state index is 13.3. The number of aromatic nitrogens is 1. The number of carbonyl (C=O) groups is 2. The van der Waals surface area contributed by atoms with Crippen LogP contribution in [0.2, 0.25) is 0 Å². The molecule has 0 fully saturated rings. The van der Waals surface area contributed by atoms with Crippen LogP contribution in [-0.4, -0.2) is 72.6 Å². The van der Waals surface area contributed by atoms with Gasteiger partial charge in [-0.2, -0.15) is 0 Å². The Morgan fingerprint density at radius 3 is 2.79 bits per heavy atom. The second kappa shape index (κ2) is 11.6. The number of hydrogen-bond acceptors (Lipinski definition) is 7. The zero-order valence-corrected chi connectivity index (χ0v) is 20.9. The lowest BCUT2D eigenvalue weighted by Crippen LogP contribution is -2.46. The Labute approximate surface area is 199 Å². The van der Waals surface area contributed by atoms with Crippen molar-refractivity contribution in [1.29, 1.82) is 0 Å². The Bertz CT molecular complexity index is 937. The van der Waals surface area contributed by atoms with Crippen LogP contribution < -0.4 is 10.1 Å². The Balaban J connectivity index is 1.93. The molecule has 2 aromatic rings. The van der Waals surface area contributed by atoms with Crippen LogP contribution in [0.25, 0.3) is 0 Å². The first-order valence-corrected chi connectivity index (χ1v) is 12.2. The zero-order valence-electron chi connectivity index (χ0n) is 20.0. The van der Waals surface area contributed by atoms with Gasteiger partial charge in [0.15, 0.2) is 0 Å². The van der Waals surface area contributed by atoms with E-state index < -0.39 is 0 Å². The van der Waals surface area contributed by atoms with E-state index in [2.05, 4.69) is 29.0 Å². The Kier molecular flexibility index (Phi) is 8.82. The van der Waals surface area contributed by atoms with E-state index in [0.29, 0.717) is 36.6 Å². The van der Waals surface area contributed by atoms with Gasteiger partial charge in [0.1, 0.15) is 17.4 Å². The molecule has 0 bridgehead atoms. The minimum Gasteiger partial charge on any atom is -0.491 e. The van der Waals surface area contributed by atoms with Crippen LogP contribution in [0.15, 0.2) is 29.8 Å². The highest BCUT2D eigenvalue weighted by Crippen LogP contribution is 2.27. The van der Waals surface area contributed by atoms with Gasteiger partial charge in [-0.3, -0.25) is 14.5 Å². The largest absolute Gasteiger partial charge is 0.491 e. The number of hydrogen-bond donors (Lipinski definition) is 1. The van der Waals surface area contributed by atoms with Crippen molar-refractivity contribution in [2.45, 2.75) is 45.9 Å². The third kappa shape index (κ3) is 6.52. The van der Waals surface area contributed by atoms with E-state index in [1.54, 1.807) is 55.5 Å². The van der Waals surface area contributed by atoms with Crippen molar-refractivity contribution in [3.8, 4) is 5.75 Å². The van der Waals surface area contributed by atoms with Crippen LogP contribution in [-0.2, 0) is 16.1 Å². The molecule has 0 spiro atoms. The Morgan fingerprint density at radius 1 is 1.33 bits per heavy atom. The first-order valence-electron chi connectivity index (χ1n) is 11.3. The lowest BCUT2D eigenvalue weighted by atomic mass is 10.0. The zero-order chi connectivity index (χ0) is 24.0. The van der Waals surface area contributed by atoms with E-state index in [4.69, 9.17) is 9.47 Å². The summed E-state index contributed by atoms with van der Waals surface area (Å²) in [6.45, 7) is 8.42. The standard InChI is InChI=1S/C24H34N4O4S/c1-6-22(29)26-18-7-8-19-20(11-18)32-15-17(3)28(14-23-25-9-10-33-23)12-16(2)21(31-5)13-27(4)24(19)30/h7-11,16-17,21H,6,12-15H2,1-5H3,(H,26,29)/t16-,17+,21-/m0/s1. The fraction of sp³-hybridized carbons (Fsp3) is 0.542. The van der Waals surface area contributed by atoms with Crippen molar-refractivity contribution in [3.63, 3.8) is 0 Å². The summed E-state index contributed by atoms with van der Waals surface area (Å²) in [5, 5.41) is 5.88. The van der Waals surface area contributed by atoms with Gasteiger partial charge in [0.05, 0.1) is 18.2 Å². The molecular formula is C24H34N4O4S. The smallest absolute Gasteiger partial charge is 0.257 e. The van der Waals surface area contributed by atoms with Crippen LogP contribution in [0.4, 0.5) is 5.69 Å². The van der Waals surface area contributed by atoms with Gasteiger partial charge >= 0.3 is 0 Å². The first-order chi connectivity index (χ1) is 15.8. The summed E-state index contributed by atoms with van der Waals surface area (Å²) < 4.78 is 12.0. The quantitative estimate of drug-likeness (QED) is 0.714. The van der Waals surface area contributed by atoms with Gasteiger partial charge in [0.2, 0.25) is 5.91 Å². The predicted octanol–water partition coefficient (Wildman–Crippen LogP) is 3.50. The number of amides is 2. The van der Waals surface area contributed by atoms with Gasteiger partial charge in [0, 0.05) is 63.0 Å². The fourth-order valence-corrected chi connectivity index (χ4v) is 4.54. The number of benzene rings is 1. The fourth-order valence-electron chi connectivity index (χ4n) is 3.90. The maximum Gasteiger partial charge on any atom is 0.257 e. The van der Waals surface area contributed by atoms with Crippen molar-refractivity contribution in [2.75, 3.05) is 39.2 Å². The van der Waals surface area contributed by atoms with Gasteiger partial charge in [-0.05, 0) is 25.0 Å². The van der Waals surface area contributed by atoms with Crippen molar-refractivity contribution < 1.29 is 19.1 Å². The van der Waals surface area contributed by atoms with E-state index in [0.717, 1.165) is 18.1 Å². The summed E-state index contributed by atoms with van der Waals surface area (Å²) >= 11 is 1.64. The van der Waals surface area contributed by atoms with E-state index in [1.165, 1.54) is 0 Å². The van der Waals surface area contributed by atoms with Gasteiger partial charge < -0.3 is 19.7 Å². The number of carbonyl (C=O) groups excluding carboxylic acids is 2. The molecular weight excluding hydrogens is 440 g/mol. The van der Waals surface area contributed by atoms with Crippen molar-refractivity contribution in [2.24, 2.45) is 5.92 Å². The number of fused-ring (bicyclic) bond motifs is 1. The average Bonchev–Trinajstić information content (AvgIpc) is 3.32. The molecule has 2 heterocycles. The number of ether oxygens (including phenoxy) is 2. The number of rotatable bonds is 5. The number of thiazole rings is 1. The highest BCUT2D eigenvalue weighted by molar-refractivity contribution is 7.09. The van der Waals surface area contributed by atoms with Crippen molar-refractivity contribution in [3.05, 3.63) is 40.3 Å². The monoisotopic (exact) mass is 474 g/mol. The summed E-state index contributed by atoms with van der Waals surface area (Å²) in [6, 6.07) is 5.26. The SMILES string of the molecule is CCC(=O)Nc1ccc2c(c1)OC[C@@H](C)N(Cc1nccs1)C[C@H](C)[C@@H](OC)CN(C)C2=O. The van der Waals surface area contributed by atoms with Crippen LogP contribution in [0.1, 0.15) is 42.6 Å². The number of nitrogens with zero attached hydrogens (tertiary/aromatic N) is 3. The highest BCUT2D eigenvalue weighted by Gasteiger charge is 2.28. The molecule has 0 unspecified atom stereocenters. The summed E-state index contributed by atoms with van der Waals surface area (Å²) in [6.07, 6.45) is 2.08. The third-order valence-electron chi connectivity index (χ3n) is 6.00. The molecule has 9 heteroatoms. The molecule has 3 rings (SSSR count). The van der Waals surface area contributed by atoms with E-state index >= 15 is 0 Å². The second-order valence-corrected chi connectivity index (χ2v) is 9.54. The Hall–Kier alpha value is -2.49. The minimum absolute atomic E-state index is 0.0721. The molecule has 0 saturated heterocycles. The summed E-state index contributed by atoms with van der Waals surface area (Å²) in [7, 11) is 3.47. The summed E-state index contributed by atoms with van der Waals surface area (Å²) in [4.78, 5) is 33.6. The van der Waals surface area contributed by atoms with Crippen LogP contribution in [0.3, 0.4) is 0 Å². The molecule has 33 heavy (non-hydrogen) atoms. The van der Waals surface area contributed by atoms with Gasteiger partial charge in [-0.25, -0.2) is 4.98 Å².